The van der Waals surface area contributed by atoms with Gasteiger partial charge in [-0.25, -0.2) is 4.98 Å². The summed E-state index contributed by atoms with van der Waals surface area (Å²) in [7, 11) is 1.97. The summed E-state index contributed by atoms with van der Waals surface area (Å²) in [5, 5.41) is 5.76. The van der Waals surface area contributed by atoms with Crippen LogP contribution in [0.1, 0.15) is 26.0 Å². The van der Waals surface area contributed by atoms with E-state index in [1.807, 2.05) is 7.05 Å². The molecule has 1 saturated heterocycles. The zero-order chi connectivity index (χ0) is 14.1. The number of rotatable bonds is 3. The van der Waals surface area contributed by atoms with Crippen molar-refractivity contribution in [2.45, 2.75) is 32.9 Å². The fourth-order valence-corrected chi connectivity index (χ4v) is 3.32. The Labute approximate surface area is 121 Å². The van der Waals surface area contributed by atoms with Gasteiger partial charge in [0.1, 0.15) is 5.82 Å². The second kappa shape index (κ2) is 5.41. The lowest BCUT2D eigenvalue weighted by Crippen LogP contribution is -2.28. The molecule has 0 spiro atoms. The Morgan fingerprint density at radius 3 is 2.80 bits per heavy atom. The third-order valence-electron chi connectivity index (χ3n) is 4.19. The summed E-state index contributed by atoms with van der Waals surface area (Å²) < 4.78 is 0. The number of benzene rings is 1. The van der Waals surface area contributed by atoms with E-state index in [-0.39, 0.29) is 0 Å². The van der Waals surface area contributed by atoms with Crippen LogP contribution in [0.25, 0.3) is 10.8 Å². The quantitative estimate of drug-likeness (QED) is 0.927. The molecule has 1 N–H and O–H groups in total. The highest BCUT2D eigenvalue weighted by Crippen LogP contribution is 2.33. The predicted molar refractivity (Wildman–Crippen MR) is 85.1 cm³/mol. The third-order valence-corrected chi connectivity index (χ3v) is 4.19. The van der Waals surface area contributed by atoms with Gasteiger partial charge in [-0.1, -0.05) is 31.2 Å². The monoisotopic (exact) mass is 269 g/mol. The standard InChI is InChI=1S/C17H23N3/c1-12-8-13(2)20(11-12)17-16-7-5-4-6-14(16)9-15(19-17)10-18-3/h4-7,9,12-13,18H,8,10-11H2,1-3H3. The molecule has 0 bridgehead atoms. The van der Waals surface area contributed by atoms with Crippen molar-refractivity contribution in [2.75, 3.05) is 18.5 Å². The lowest BCUT2D eigenvalue weighted by atomic mass is 10.1. The maximum Gasteiger partial charge on any atom is 0.137 e. The van der Waals surface area contributed by atoms with Gasteiger partial charge in [0.05, 0.1) is 5.69 Å². The van der Waals surface area contributed by atoms with Gasteiger partial charge in [0, 0.05) is 24.5 Å². The van der Waals surface area contributed by atoms with Crippen LogP contribution in [0.3, 0.4) is 0 Å². The van der Waals surface area contributed by atoms with Crippen LogP contribution in [0.4, 0.5) is 5.82 Å². The predicted octanol–water partition coefficient (Wildman–Crippen LogP) is 3.19. The molecule has 0 amide bonds. The summed E-state index contributed by atoms with van der Waals surface area (Å²) in [5.74, 6) is 1.91. The Kier molecular flexibility index (Phi) is 3.62. The van der Waals surface area contributed by atoms with Gasteiger partial charge in [-0.05, 0) is 37.8 Å². The van der Waals surface area contributed by atoms with Crippen molar-refractivity contribution in [1.82, 2.24) is 10.3 Å². The molecule has 20 heavy (non-hydrogen) atoms. The smallest absolute Gasteiger partial charge is 0.137 e. The highest BCUT2D eigenvalue weighted by Gasteiger charge is 2.28. The van der Waals surface area contributed by atoms with Crippen molar-refractivity contribution in [2.24, 2.45) is 5.92 Å². The first-order valence-corrected chi connectivity index (χ1v) is 7.49. The summed E-state index contributed by atoms with van der Waals surface area (Å²) in [5.41, 5.74) is 1.12. The fourth-order valence-electron chi connectivity index (χ4n) is 3.32. The summed E-state index contributed by atoms with van der Waals surface area (Å²) in [6.45, 7) is 6.57. The Balaban J connectivity index is 2.12. The maximum atomic E-state index is 4.92. The van der Waals surface area contributed by atoms with Gasteiger partial charge >= 0.3 is 0 Å². The molecular formula is C17H23N3. The van der Waals surface area contributed by atoms with Gasteiger partial charge in [0.15, 0.2) is 0 Å². The molecule has 0 saturated carbocycles. The molecule has 1 aliphatic rings. The van der Waals surface area contributed by atoms with Crippen molar-refractivity contribution in [3.05, 3.63) is 36.0 Å². The number of fused-ring (bicyclic) bond motifs is 1. The Bertz CT molecular complexity index is 608. The number of nitrogens with zero attached hydrogens (tertiary/aromatic N) is 2. The first kappa shape index (κ1) is 13.4. The van der Waals surface area contributed by atoms with Crippen LogP contribution < -0.4 is 10.2 Å². The fraction of sp³-hybridized carbons (Fsp3) is 0.471. The second-order valence-corrected chi connectivity index (χ2v) is 6.03. The van der Waals surface area contributed by atoms with Crippen molar-refractivity contribution in [3.8, 4) is 0 Å². The molecule has 3 rings (SSSR count). The van der Waals surface area contributed by atoms with Crippen LogP contribution in [-0.2, 0) is 6.54 Å². The second-order valence-electron chi connectivity index (χ2n) is 6.03. The van der Waals surface area contributed by atoms with Crippen molar-refractivity contribution >= 4 is 16.6 Å². The minimum atomic E-state index is 0.575. The van der Waals surface area contributed by atoms with Crippen molar-refractivity contribution in [1.29, 1.82) is 0 Å². The zero-order valence-corrected chi connectivity index (χ0v) is 12.6. The molecule has 0 radical (unpaired) electrons. The topological polar surface area (TPSA) is 28.2 Å². The van der Waals surface area contributed by atoms with Gasteiger partial charge in [0.25, 0.3) is 0 Å². The molecule has 2 aromatic rings. The number of nitrogens with one attached hydrogen (secondary N) is 1. The van der Waals surface area contributed by atoms with E-state index in [0.29, 0.717) is 6.04 Å². The van der Waals surface area contributed by atoms with E-state index < -0.39 is 0 Å². The van der Waals surface area contributed by atoms with Gasteiger partial charge in [0.2, 0.25) is 0 Å². The number of hydrogen-bond acceptors (Lipinski definition) is 3. The minimum absolute atomic E-state index is 0.575. The highest BCUT2D eigenvalue weighted by molar-refractivity contribution is 5.92. The van der Waals surface area contributed by atoms with E-state index in [1.54, 1.807) is 0 Å². The highest BCUT2D eigenvalue weighted by atomic mass is 15.2. The lowest BCUT2D eigenvalue weighted by molar-refractivity contribution is 0.625. The molecular weight excluding hydrogens is 246 g/mol. The van der Waals surface area contributed by atoms with Gasteiger partial charge < -0.3 is 10.2 Å². The van der Waals surface area contributed by atoms with Crippen molar-refractivity contribution < 1.29 is 0 Å². The van der Waals surface area contributed by atoms with E-state index in [2.05, 4.69) is 54.4 Å². The Morgan fingerprint density at radius 1 is 1.30 bits per heavy atom. The van der Waals surface area contributed by atoms with E-state index in [0.717, 1.165) is 30.5 Å². The van der Waals surface area contributed by atoms with E-state index in [9.17, 15) is 0 Å². The van der Waals surface area contributed by atoms with Crippen LogP contribution >= 0.6 is 0 Å². The van der Waals surface area contributed by atoms with Gasteiger partial charge in [-0.3, -0.25) is 0 Å². The Morgan fingerprint density at radius 2 is 2.10 bits per heavy atom. The Hall–Kier alpha value is -1.61. The number of pyridine rings is 1. The molecule has 0 aliphatic carbocycles. The molecule has 2 heterocycles. The first-order chi connectivity index (χ1) is 9.69. The summed E-state index contributed by atoms with van der Waals surface area (Å²) >= 11 is 0. The number of aromatic nitrogens is 1. The van der Waals surface area contributed by atoms with Crippen LogP contribution in [0.2, 0.25) is 0 Å². The molecule has 1 fully saturated rings. The summed E-state index contributed by atoms with van der Waals surface area (Å²) in [4.78, 5) is 7.40. The maximum absolute atomic E-state index is 4.92. The first-order valence-electron chi connectivity index (χ1n) is 7.49. The van der Waals surface area contributed by atoms with Gasteiger partial charge in [-0.2, -0.15) is 0 Å². The average molecular weight is 269 g/mol. The van der Waals surface area contributed by atoms with Crippen molar-refractivity contribution in [3.63, 3.8) is 0 Å². The van der Waals surface area contributed by atoms with E-state index >= 15 is 0 Å². The van der Waals surface area contributed by atoms with E-state index in [4.69, 9.17) is 4.98 Å². The molecule has 1 aliphatic heterocycles. The van der Waals surface area contributed by atoms with Crippen LogP contribution in [0.15, 0.2) is 30.3 Å². The number of anilines is 1. The molecule has 1 aromatic carbocycles. The zero-order valence-electron chi connectivity index (χ0n) is 12.6. The molecule has 2 unspecified atom stereocenters. The number of hydrogen-bond donors (Lipinski definition) is 1. The molecule has 1 aromatic heterocycles. The normalized spacial score (nSPS) is 22.6. The lowest BCUT2D eigenvalue weighted by Gasteiger charge is -2.25. The average Bonchev–Trinajstić information content (AvgIpc) is 2.77. The van der Waals surface area contributed by atoms with Crippen LogP contribution in [0, 0.1) is 5.92 Å². The molecule has 3 heteroatoms. The van der Waals surface area contributed by atoms with Crippen LogP contribution in [0.5, 0.6) is 0 Å². The molecule has 2 atom stereocenters. The van der Waals surface area contributed by atoms with Gasteiger partial charge in [-0.15, -0.1) is 0 Å². The summed E-state index contributed by atoms with van der Waals surface area (Å²) in [6, 6.07) is 11.4. The minimum Gasteiger partial charge on any atom is -0.353 e. The third kappa shape index (κ3) is 2.38. The molecule has 106 valence electrons. The largest absolute Gasteiger partial charge is 0.353 e. The SMILES string of the molecule is CNCc1cc2ccccc2c(N2CC(C)CC2C)n1. The summed E-state index contributed by atoms with van der Waals surface area (Å²) in [6.07, 6.45) is 1.26. The van der Waals surface area contributed by atoms with Crippen LogP contribution in [-0.4, -0.2) is 24.6 Å². The van der Waals surface area contributed by atoms with E-state index in [1.165, 1.54) is 17.2 Å². The molecule has 3 nitrogen and oxygen atoms in total.